The number of nitrogens with one attached hydrogen (secondary N) is 1. The summed E-state index contributed by atoms with van der Waals surface area (Å²) in [5, 5.41) is 0.483. The van der Waals surface area contributed by atoms with Crippen molar-refractivity contribution in [1.82, 2.24) is 24.8 Å². The van der Waals surface area contributed by atoms with E-state index < -0.39 is 5.91 Å². The Kier molecular flexibility index (Phi) is 6.02. The molecular weight excluding hydrogens is 410 g/mol. The van der Waals surface area contributed by atoms with E-state index in [9.17, 15) is 14.4 Å². The number of hydrogen-bond donors (Lipinski definition) is 1. The fraction of sp³-hybridized carbons (Fsp3) is 0.304. The van der Waals surface area contributed by atoms with E-state index >= 15 is 0 Å². The predicted molar refractivity (Wildman–Crippen MR) is 119 cm³/mol. The van der Waals surface area contributed by atoms with Gasteiger partial charge in [-0.3, -0.25) is 28.7 Å². The van der Waals surface area contributed by atoms with E-state index in [0.29, 0.717) is 41.8 Å². The van der Waals surface area contributed by atoms with Crippen molar-refractivity contribution in [2.45, 2.75) is 13.5 Å². The number of amides is 2. The summed E-state index contributed by atoms with van der Waals surface area (Å²) < 4.78 is 1.45. The predicted octanol–water partition coefficient (Wildman–Crippen LogP) is 1.26. The molecule has 1 aromatic heterocycles. The Morgan fingerprint density at radius 2 is 1.97 bits per heavy atom. The van der Waals surface area contributed by atoms with Gasteiger partial charge in [-0.05, 0) is 42.3 Å². The maximum absolute atomic E-state index is 13.4. The summed E-state index contributed by atoms with van der Waals surface area (Å²) in [5.41, 5.74) is 5.36. The first-order valence-electron chi connectivity index (χ1n) is 10.3. The normalized spacial score (nSPS) is 14.7. The van der Waals surface area contributed by atoms with E-state index in [0.717, 1.165) is 17.7 Å². The third-order valence-electron chi connectivity index (χ3n) is 5.69. The third kappa shape index (κ3) is 4.25. The van der Waals surface area contributed by atoms with Crippen molar-refractivity contribution >= 4 is 22.7 Å². The average Bonchev–Trinajstić information content (AvgIpc) is 2.78. The quantitative estimate of drug-likeness (QED) is 0.606. The first kappa shape index (κ1) is 21.7. The van der Waals surface area contributed by atoms with Crippen LogP contribution in [0, 0.1) is 6.92 Å². The van der Waals surface area contributed by atoms with E-state index in [-0.39, 0.29) is 11.5 Å². The number of aryl methyl sites for hydroxylation is 1. The second-order valence-corrected chi connectivity index (χ2v) is 7.93. The van der Waals surface area contributed by atoms with Crippen LogP contribution < -0.4 is 11.0 Å². The number of piperazine rings is 1. The van der Waals surface area contributed by atoms with Gasteiger partial charge < -0.3 is 4.90 Å². The number of hydrogen-bond acceptors (Lipinski definition) is 6. The second-order valence-electron chi connectivity index (χ2n) is 7.93. The zero-order chi connectivity index (χ0) is 22.8. The minimum atomic E-state index is -0.403. The SMILES string of the molecule is CONC(=O)c1ccc(C)c(-n2cnc3ccc(CN4CCN(C)C(=O)C4)cc3c2=O)c1. The molecule has 32 heavy (non-hydrogen) atoms. The van der Waals surface area contributed by atoms with Crippen LogP contribution >= 0.6 is 0 Å². The Morgan fingerprint density at radius 3 is 2.72 bits per heavy atom. The number of likely N-dealkylation sites (N-methyl/N-ethyl adjacent to an activating group) is 1. The number of hydroxylamine groups is 1. The van der Waals surface area contributed by atoms with Crippen LogP contribution in [0.25, 0.3) is 16.6 Å². The molecule has 1 fully saturated rings. The number of nitrogens with zero attached hydrogens (tertiary/aromatic N) is 4. The average molecular weight is 435 g/mol. The van der Waals surface area contributed by atoms with Crippen molar-refractivity contribution in [2.75, 3.05) is 33.8 Å². The Labute approximate surface area is 185 Å². The number of rotatable bonds is 5. The molecule has 2 aromatic carbocycles. The summed E-state index contributed by atoms with van der Waals surface area (Å²) in [4.78, 5) is 50.4. The molecule has 1 saturated heterocycles. The maximum Gasteiger partial charge on any atom is 0.274 e. The summed E-state index contributed by atoms with van der Waals surface area (Å²) in [6, 6.07) is 10.7. The number of carbonyl (C=O) groups excluding carboxylic acids is 2. The minimum Gasteiger partial charge on any atom is -0.343 e. The fourth-order valence-corrected chi connectivity index (χ4v) is 3.80. The van der Waals surface area contributed by atoms with Gasteiger partial charge in [0.05, 0.1) is 30.2 Å². The molecule has 2 amide bonds. The van der Waals surface area contributed by atoms with Gasteiger partial charge in [0, 0.05) is 32.2 Å². The van der Waals surface area contributed by atoms with Crippen molar-refractivity contribution < 1.29 is 14.4 Å². The number of benzene rings is 2. The van der Waals surface area contributed by atoms with Crippen LogP contribution in [0.15, 0.2) is 47.5 Å². The highest BCUT2D eigenvalue weighted by Crippen LogP contribution is 2.18. The van der Waals surface area contributed by atoms with Crippen LogP contribution in [-0.2, 0) is 16.2 Å². The van der Waals surface area contributed by atoms with Crippen LogP contribution in [-0.4, -0.2) is 65.0 Å². The minimum absolute atomic E-state index is 0.0916. The van der Waals surface area contributed by atoms with Crippen molar-refractivity contribution in [2.24, 2.45) is 0 Å². The summed E-state index contributed by atoms with van der Waals surface area (Å²) in [6.07, 6.45) is 1.48. The lowest BCUT2D eigenvalue weighted by Gasteiger charge is -2.31. The topological polar surface area (TPSA) is 96.8 Å². The van der Waals surface area contributed by atoms with Crippen molar-refractivity contribution in [3.8, 4) is 5.69 Å². The van der Waals surface area contributed by atoms with E-state index in [2.05, 4.69) is 15.4 Å². The highest BCUT2D eigenvalue weighted by atomic mass is 16.6. The fourth-order valence-electron chi connectivity index (χ4n) is 3.80. The second kappa shape index (κ2) is 8.89. The number of carbonyl (C=O) groups is 2. The summed E-state index contributed by atoms with van der Waals surface area (Å²) in [5.74, 6) is -0.312. The van der Waals surface area contributed by atoms with Crippen LogP contribution in [0.2, 0.25) is 0 Å². The van der Waals surface area contributed by atoms with Gasteiger partial charge in [0.25, 0.3) is 11.5 Å². The smallest absolute Gasteiger partial charge is 0.274 e. The standard InChI is InChI=1S/C23H25N5O4/c1-15-4-6-17(22(30)25-32-3)11-20(15)28-14-24-19-7-5-16(10-18(19)23(28)31)12-27-9-8-26(2)21(29)13-27/h4-7,10-11,14H,8-9,12-13H2,1-3H3,(H,25,30). The van der Waals surface area contributed by atoms with Gasteiger partial charge in [-0.1, -0.05) is 12.1 Å². The Bertz CT molecular complexity index is 1250. The molecule has 166 valence electrons. The lowest BCUT2D eigenvalue weighted by atomic mass is 10.1. The van der Waals surface area contributed by atoms with E-state index in [4.69, 9.17) is 4.84 Å². The molecule has 0 atom stereocenters. The molecule has 9 nitrogen and oxygen atoms in total. The van der Waals surface area contributed by atoms with Gasteiger partial charge in [0.15, 0.2) is 0 Å². The Morgan fingerprint density at radius 1 is 1.16 bits per heavy atom. The lowest BCUT2D eigenvalue weighted by molar-refractivity contribution is -0.134. The highest BCUT2D eigenvalue weighted by molar-refractivity contribution is 5.94. The van der Waals surface area contributed by atoms with Crippen LogP contribution in [0.5, 0.6) is 0 Å². The van der Waals surface area contributed by atoms with E-state index in [1.165, 1.54) is 18.0 Å². The molecule has 1 aliphatic rings. The molecule has 0 unspecified atom stereocenters. The first-order valence-corrected chi connectivity index (χ1v) is 10.3. The number of fused-ring (bicyclic) bond motifs is 1. The lowest BCUT2D eigenvalue weighted by Crippen LogP contribution is -2.47. The zero-order valence-corrected chi connectivity index (χ0v) is 18.3. The van der Waals surface area contributed by atoms with Crippen LogP contribution in [0.4, 0.5) is 0 Å². The molecule has 1 aliphatic heterocycles. The highest BCUT2D eigenvalue weighted by Gasteiger charge is 2.21. The monoisotopic (exact) mass is 435 g/mol. The van der Waals surface area contributed by atoms with Gasteiger partial charge in [-0.25, -0.2) is 10.5 Å². The third-order valence-corrected chi connectivity index (χ3v) is 5.69. The molecule has 0 aliphatic carbocycles. The molecule has 0 saturated carbocycles. The summed E-state index contributed by atoms with van der Waals surface area (Å²) >= 11 is 0. The van der Waals surface area contributed by atoms with Crippen LogP contribution in [0.3, 0.4) is 0 Å². The molecule has 0 spiro atoms. The molecule has 2 heterocycles. The summed E-state index contributed by atoms with van der Waals surface area (Å²) in [7, 11) is 3.17. The maximum atomic E-state index is 13.4. The Hall–Kier alpha value is -3.56. The van der Waals surface area contributed by atoms with Crippen molar-refractivity contribution in [1.29, 1.82) is 0 Å². The van der Waals surface area contributed by atoms with Gasteiger partial charge >= 0.3 is 0 Å². The van der Waals surface area contributed by atoms with Crippen LogP contribution in [0.1, 0.15) is 21.5 Å². The molecule has 9 heteroatoms. The molecule has 0 bridgehead atoms. The van der Waals surface area contributed by atoms with Gasteiger partial charge in [-0.2, -0.15) is 0 Å². The number of aromatic nitrogens is 2. The van der Waals surface area contributed by atoms with Gasteiger partial charge in [0.2, 0.25) is 5.91 Å². The first-order chi connectivity index (χ1) is 15.4. The molecule has 0 radical (unpaired) electrons. The van der Waals surface area contributed by atoms with E-state index in [1.54, 1.807) is 30.1 Å². The van der Waals surface area contributed by atoms with Crippen molar-refractivity contribution in [3.05, 3.63) is 69.8 Å². The zero-order valence-electron chi connectivity index (χ0n) is 18.3. The Balaban J connectivity index is 1.70. The molecular formula is C23H25N5O4. The molecule has 1 N–H and O–H groups in total. The largest absolute Gasteiger partial charge is 0.343 e. The molecule has 4 rings (SSSR count). The van der Waals surface area contributed by atoms with Crippen molar-refractivity contribution in [3.63, 3.8) is 0 Å². The van der Waals surface area contributed by atoms with Gasteiger partial charge in [0.1, 0.15) is 6.33 Å². The van der Waals surface area contributed by atoms with Gasteiger partial charge in [-0.15, -0.1) is 0 Å². The van der Waals surface area contributed by atoms with E-state index in [1.807, 2.05) is 25.1 Å². The summed E-state index contributed by atoms with van der Waals surface area (Å²) in [6.45, 7) is 4.28. The molecule has 3 aromatic rings.